The molecule has 5 rings (SSSR count). The van der Waals surface area contributed by atoms with Crippen LogP contribution in [0.15, 0.2) is 53.3 Å². The molecule has 5 heterocycles. The summed E-state index contributed by atoms with van der Waals surface area (Å²) in [5.74, 6) is 2.23. The van der Waals surface area contributed by atoms with Crippen LogP contribution in [0.4, 0.5) is 22.1 Å². The van der Waals surface area contributed by atoms with E-state index < -0.39 is 0 Å². The summed E-state index contributed by atoms with van der Waals surface area (Å²) in [6.45, 7) is 12.4. The zero-order chi connectivity index (χ0) is 29.4. The molecule has 41 heavy (non-hydrogen) atoms. The molecule has 2 aromatic heterocycles. The lowest BCUT2D eigenvalue weighted by Gasteiger charge is -2.56. The minimum absolute atomic E-state index is 0.0372. The number of piperidine rings is 1. The van der Waals surface area contributed by atoms with E-state index in [4.69, 9.17) is 19.5 Å². The number of cyclic esters (lactones) is 1. The molecule has 3 atom stereocenters. The summed E-state index contributed by atoms with van der Waals surface area (Å²) in [5.41, 5.74) is 2.57. The number of pyridine rings is 2. The quantitative estimate of drug-likeness (QED) is 0.401. The van der Waals surface area contributed by atoms with E-state index in [1.807, 2.05) is 75.6 Å². The molecule has 2 aromatic rings. The molecule has 0 aliphatic carbocycles. The highest BCUT2D eigenvalue weighted by Crippen LogP contribution is 2.49. The van der Waals surface area contributed by atoms with Crippen LogP contribution < -0.4 is 15.1 Å². The van der Waals surface area contributed by atoms with Crippen molar-refractivity contribution >= 4 is 29.4 Å². The van der Waals surface area contributed by atoms with Crippen molar-refractivity contribution in [2.75, 3.05) is 49.0 Å². The number of hydrogen-bond acceptors (Lipinski definition) is 7. The average Bonchev–Trinajstić information content (AvgIpc) is 2.92. The first-order valence-electron chi connectivity index (χ1n) is 14.4. The molecule has 0 radical (unpaired) electrons. The lowest BCUT2D eigenvalue weighted by molar-refractivity contribution is -0.111. The minimum Gasteiger partial charge on any atom is -0.449 e. The number of carbonyl (C=O) groups is 1. The second-order valence-corrected chi connectivity index (χ2v) is 12.4. The van der Waals surface area contributed by atoms with Gasteiger partial charge in [-0.3, -0.25) is 9.88 Å². The number of anilines is 3. The Hall–Kier alpha value is -3.66. The van der Waals surface area contributed by atoms with Crippen LogP contribution in [0, 0.1) is 12.3 Å². The van der Waals surface area contributed by atoms with Crippen LogP contribution in [0.3, 0.4) is 0 Å². The molecule has 0 unspecified atom stereocenters. The summed E-state index contributed by atoms with van der Waals surface area (Å²) in [5, 5.41) is 3.40. The van der Waals surface area contributed by atoms with Gasteiger partial charge in [-0.15, -0.1) is 0 Å². The van der Waals surface area contributed by atoms with Gasteiger partial charge in [0, 0.05) is 56.5 Å². The van der Waals surface area contributed by atoms with Gasteiger partial charge in [-0.25, -0.2) is 14.8 Å². The van der Waals surface area contributed by atoms with Crippen LogP contribution in [0.2, 0.25) is 0 Å². The van der Waals surface area contributed by atoms with E-state index in [0.717, 1.165) is 49.0 Å². The van der Waals surface area contributed by atoms with E-state index in [1.54, 1.807) is 4.90 Å². The number of rotatable bonds is 4. The molecule has 3 aliphatic heterocycles. The lowest BCUT2D eigenvalue weighted by Crippen LogP contribution is -2.61. The van der Waals surface area contributed by atoms with Crippen molar-refractivity contribution in [2.24, 2.45) is 10.4 Å². The Morgan fingerprint density at radius 3 is 2.68 bits per heavy atom. The summed E-state index contributed by atoms with van der Waals surface area (Å²) in [6.07, 6.45) is 5.95. The van der Waals surface area contributed by atoms with Crippen molar-refractivity contribution in [3.05, 3.63) is 54.0 Å². The number of carbonyl (C=O) groups excluding carboxylic acids is 1. The molecule has 10 heteroatoms. The fourth-order valence-corrected chi connectivity index (χ4v) is 5.91. The average molecular weight is 562 g/mol. The molecule has 3 aliphatic rings. The van der Waals surface area contributed by atoms with Gasteiger partial charge in [-0.1, -0.05) is 13.0 Å². The SMILES string of the molecule is Cc1ccc(NC(=N/C=C2\CCN(c3cccc(N4C(=O)OCC[C@@H]4C)n3)[C@@H]3CC(C)(C)OC[C@]23C)N(C)C)cn1. The van der Waals surface area contributed by atoms with Crippen molar-refractivity contribution in [2.45, 2.75) is 71.6 Å². The summed E-state index contributed by atoms with van der Waals surface area (Å²) in [7, 11) is 3.95. The Bertz CT molecular complexity index is 1320. The van der Waals surface area contributed by atoms with E-state index in [2.05, 4.69) is 36.0 Å². The van der Waals surface area contributed by atoms with Gasteiger partial charge in [0.25, 0.3) is 0 Å². The minimum atomic E-state index is -0.334. The van der Waals surface area contributed by atoms with Crippen LogP contribution in [-0.2, 0) is 9.47 Å². The standard InChI is InChI=1S/C31H43N7O3/c1-21-11-12-24(19-32-21)34-28(36(6)7)33-18-23-13-15-37(25-17-30(3,4)41-20-31(23,25)5)26-9-8-10-27(35-26)38-22(2)14-16-40-29(38)39/h8-12,18-19,22,25H,13-17,20H2,1-7H3,(H,33,34)/b23-18+/t22-,25+,31+/m0/s1. The van der Waals surface area contributed by atoms with Gasteiger partial charge in [-0.2, -0.15) is 0 Å². The Morgan fingerprint density at radius 2 is 1.98 bits per heavy atom. The number of nitrogens with one attached hydrogen (secondary N) is 1. The highest BCUT2D eigenvalue weighted by Gasteiger charge is 2.51. The normalized spacial score (nSPS) is 27.3. The molecule has 0 spiro atoms. The van der Waals surface area contributed by atoms with Crippen LogP contribution in [0.5, 0.6) is 0 Å². The molecule has 0 saturated carbocycles. The third-order valence-electron chi connectivity index (χ3n) is 8.51. The molecule has 1 amide bonds. The lowest BCUT2D eigenvalue weighted by atomic mass is 9.67. The number of aromatic nitrogens is 2. The first-order valence-corrected chi connectivity index (χ1v) is 14.4. The first-order chi connectivity index (χ1) is 19.5. The maximum Gasteiger partial charge on any atom is 0.415 e. The zero-order valence-corrected chi connectivity index (χ0v) is 25.3. The molecule has 220 valence electrons. The topological polar surface area (TPSA) is 95.4 Å². The molecular weight excluding hydrogens is 518 g/mol. The molecule has 0 bridgehead atoms. The van der Waals surface area contributed by atoms with E-state index >= 15 is 0 Å². The van der Waals surface area contributed by atoms with Gasteiger partial charge >= 0.3 is 6.09 Å². The van der Waals surface area contributed by atoms with Crippen molar-refractivity contribution < 1.29 is 14.3 Å². The number of hydrogen-bond donors (Lipinski definition) is 1. The maximum absolute atomic E-state index is 12.6. The van der Waals surface area contributed by atoms with Gasteiger partial charge in [0.2, 0.25) is 5.96 Å². The number of fused-ring (bicyclic) bond motifs is 1. The Labute approximate surface area is 243 Å². The van der Waals surface area contributed by atoms with E-state index in [0.29, 0.717) is 19.0 Å². The predicted octanol–water partition coefficient (Wildman–Crippen LogP) is 5.22. The second kappa shape index (κ2) is 11.3. The van der Waals surface area contributed by atoms with Gasteiger partial charge in [0.1, 0.15) is 11.6 Å². The summed E-state index contributed by atoms with van der Waals surface area (Å²) in [6, 6.07) is 10.1. The summed E-state index contributed by atoms with van der Waals surface area (Å²) < 4.78 is 11.8. The predicted molar refractivity (Wildman–Crippen MR) is 162 cm³/mol. The maximum atomic E-state index is 12.6. The van der Waals surface area contributed by atoms with Gasteiger partial charge in [-0.05, 0) is 70.4 Å². The molecule has 3 saturated heterocycles. The van der Waals surface area contributed by atoms with E-state index in [1.165, 1.54) is 5.57 Å². The van der Waals surface area contributed by atoms with E-state index in [-0.39, 0.29) is 29.2 Å². The number of guanidine groups is 1. The highest BCUT2D eigenvalue weighted by atomic mass is 16.6. The van der Waals surface area contributed by atoms with Crippen molar-refractivity contribution in [1.29, 1.82) is 0 Å². The largest absolute Gasteiger partial charge is 0.449 e. The van der Waals surface area contributed by atoms with Gasteiger partial charge < -0.3 is 24.6 Å². The molecule has 1 N–H and O–H groups in total. The summed E-state index contributed by atoms with van der Waals surface area (Å²) >= 11 is 0. The number of ether oxygens (including phenoxy) is 2. The third-order valence-corrected chi connectivity index (χ3v) is 8.51. The zero-order valence-electron chi connectivity index (χ0n) is 25.3. The number of aryl methyl sites for hydroxylation is 1. The Kier molecular flexibility index (Phi) is 7.96. The smallest absolute Gasteiger partial charge is 0.415 e. The van der Waals surface area contributed by atoms with Crippen molar-refractivity contribution in [3.63, 3.8) is 0 Å². The number of amides is 1. The molecule has 3 fully saturated rings. The first kappa shape index (κ1) is 28.9. The monoisotopic (exact) mass is 561 g/mol. The fourth-order valence-electron chi connectivity index (χ4n) is 5.91. The Morgan fingerprint density at radius 1 is 1.20 bits per heavy atom. The third kappa shape index (κ3) is 6.02. The van der Waals surface area contributed by atoms with Crippen LogP contribution >= 0.6 is 0 Å². The van der Waals surface area contributed by atoms with Crippen molar-refractivity contribution in [3.8, 4) is 0 Å². The highest BCUT2D eigenvalue weighted by molar-refractivity contribution is 5.93. The van der Waals surface area contributed by atoms with Crippen LogP contribution in [0.1, 0.15) is 52.7 Å². The number of nitrogens with zero attached hydrogens (tertiary/aromatic N) is 6. The molecule has 10 nitrogen and oxygen atoms in total. The van der Waals surface area contributed by atoms with Crippen LogP contribution in [-0.4, -0.2) is 78.5 Å². The fraction of sp³-hybridized carbons (Fsp3) is 0.548. The second-order valence-electron chi connectivity index (χ2n) is 12.4. The molecular formula is C31H43N7O3. The van der Waals surface area contributed by atoms with Gasteiger partial charge in [0.05, 0.1) is 30.7 Å². The van der Waals surface area contributed by atoms with E-state index in [9.17, 15) is 4.79 Å². The van der Waals surface area contributed by atoms with Gasteiger partial charge in [0.15, 0.2) is 0 Å². The van der Waals surface area contributed by atoms with Crippen LogP contribution in [0.25, 0.3) is 0 Å². The number of aliphatic imine (C=N–C) groups is 1. The summed E-state index contributed by atoms with van der Waals surface area (Å²) in [4.78, 5) is 33.0. The molecule has 0 aromatic carbocycles. The Balaban J connectivity index is 1.46. The van der Waals surface area contributed by atoms with Crippen molar-refractivity contribution in [1.82, 2.24) is 14.9 Å².